The molecule has 0 saturated carbocycles. The number of hydrogen-bond acceptors (Lipinski definition) is 2. The third kappa shape index (κ3) is 3.54. The minimum absolute atomic E-state index is 0.0572. The summed E-state index contributed by atoms with van der Waals surface area (Å²) in [5.41, 5.74) is 1.01. The van der Waals surface area contributed by atoms with Crippen LogP contribution in [0.5, 0.6) is 5.75 Å². The number of benzene rings is 2. The fourth-order valence-electron chi connectivity index (χ4n) is 2.15. The molecule has 0 aliphatic carbocycles. The van der Waals surface area contributed by atoms with Gasteiger partial charge < -0.3 is 9.84 Å². The molecule has 106 valence electrons. The van der Waals surface area contributed by atoms with Gasteiger partial charge in [0.05, 0.1) is 13.2 Å². The summed E-state index contributed by atoms with van der Waals surface area (Å²) in [5.74, 6) is -0.345. The molecule has 2 aromatic carbocycles. The molecule has 1 atom stereocenters. The first kappa shape index (κ1) is 14.5. The molecule has 0 aliphatic rings. The second-order valence-corrected chi connectivity index (χ2v) is 4.61. The Morgan fingerprint density at radius 3 is 2.50 bits per heavy atom. The zero-order chi connectivity index (χ0) is 14.5. The number of halogens is 2. The SMILES string of the molecule is COc1ccccc1CC(O)Cc1cc(F)ccc1F. The first-order valence-corrected chi connectivity index (χ1v) is 6.34. The summed E-state index contributed by atoms with van der Waals surface area (Å²) in [6.45, 7) is 0. The largest absolute Gasteiger partial charge is 0.496 e. The van der Waals surface area contributed by atoms with Crippen LogP contribution in [0.2, 0.25) is 0 Å². The van der Waals surface area contributed by atoms with Crippen molar-refractivity contribution in [3.63, 3.8) is 0 Å². The Hall–Kier alpha value is -1.94. The fraction of sp³-hybridized carbons (Fsp3) is 0.250. The predicted octanol–water partition coefficient (Wildman–Crippen LogP) is 3.12. The maximum atomic E-state index is 13.5. The summed E-state index contributed by atoms with van der Waals surface area (Å²) >= 11 is 0. The summed E-state index contributed by atoms with van der Waals surface area (Å²) in [4.78, 5) is 0. The first-order chi connectivity index (χ1) is 9.60. The molecule has 0 fully saturated rings. The molecule has 0 spiro atoms. The predicted molar refractivity (Wildman–Crippen MR) is 72.8 cm³/mol. The van der Waals surface area contributed by atoms with Crippen LogP contribution >= 0.6 is 0 Å². The van der Waals surface area contributed by atoms with E-state index in [0.717, 1.165) is 23.8 Å². The minimum Gasteiger partial charge on any atom is -0.496 e. The van der Waals surface area contributed by atoms with Crippen molar-refractivity contribution < 1.29 is 18.6 Å². The minimum atomic E-state index is -0.803. The number of aliphatic hydroxyl groups is 1. The van der Waals surface area contributed by atoms with E-state index in [1.807, 2.05) is 18.2 Å². The van der Waals surface area contributed by atoms with Crippen molar-refractivity contribution in [1.29, 1.82) is 0 Å². The van der Waals surface area contributed by atoms with Crippen molar-refractivity contribution in [3.8, 4) is 5.75 Å². The van der Waals surface area contributed by atoms with Crippen LogP contribution < -0.4 is 4.74 Å². The van der Waals surface area contributed by atoms with Gasteiger partial charge in [-0.2, -0.15) is 0 Å². The van der Waals surface area contributed by atoms with Gasteiger partial charge in [-0.25, -0.2) is 8.78 Å². The fourth-order valence-corrected chi connectivity index (χ4v) is 2.15. The molecule has 20 heavy (non-hydrogen) atoms. The Morgan fingerprint density at radius 1 is 1.05 bits per heavy atom. The van der Waals surface area contributed by atoms with E-state index in [2.05, 4.69) is 0 Å². The summed E-state index contributed by atoms with van der Waals surface area (Å²) in [7, 11) is 1.55. The van der Waals surface area contributed by atoms with E-state index < -0.39 is 17.7 Å². The molecule has 0 amide bonds. The number of methoxy groups -OCH3 is 1. The van der Waals surface area contributed by atoms with E-state index in [1.165, 1.54) is 0 Å². The van der Waals surface area contributed by atoms with Crippen LogP contribution in [0.4, 0.5) is 8.78 Å². The molecule has 1 N–H and O–H groups in total. The Labute approximate surface area is 116 Å². The first-order valence-electron chi connectivity index (χ1n) is 6.34. The second kappa shape index (κ2) is 6.48. The molecule has 2 nitrogen and oxygen atoms in total. The molecule has 2 aromatic rings. The van der Waals surface area contributed by atoms with Crippen LogP contribution in [0.15, 0.2) is 42.5 Å². The summed E-state index contributed by atoms with van der Waals surface area (Å²) in [5, 5.41) is 10.0. The smallest absolute Gasteiger partial charge is 0.126 e. The Morgan fingerprint density at radius 2 is 1.75 bits per heavy atom. The quantitative estimate of drug-likeness (QED) is 0.910. The Balaban J connectivity index is 2.09. The zero-order valence-electron chi connectivity index (χ0n) is 11.1. The molecule has 0 bridgehead atoms. The standard InChI is InChI=1S/C16H16F2O2/c1-20-16-5-3-2-4-11(16)9-14(19)10-12-8-13(17)6-7-15(12)18/h2-8,14,19H,9-10H2,1H3. The number of hydrogen-bond donors (Lipinski definition) is 1. The highest BCUT2D eigenvalue weighted by Gasteiger charge is 2.13. The van der Waals surface area contributed by atoms with Gasteiger partial charge in [0.1, 0.15) is 17.4 Å². The third-order valence-corrected chi connectivity index (χ3v) is 3.11. The maximum Gasteiger partial charge on any atom is 0.126 e. The average molecular weight is 278 g/mol. The van der Waals surface area contributed by atoms with Crippen LogP contribution in [0.1, 0.15) is 11.1 Å². The van der Waals surface area contributed by atoms with Gasteiger partial charge >= 0.3 is 0 Å². The van der Waals surface area contributed by atoms with Crippen molar-refractivity contribution in [2.75, 3.05) is 7.11 Å². The van der Waals surface area contributed by atoms with Crippen molar-refractivity contribution in [2.45, 2.75) is 18.9 Å². The van der Waals surface area contributed by atoms with E-state index in [1.54, 1.807) is 13.2 Å². The third-order valence-electron chi connectivity index (χ3n) is 3.11. The van der Waals surface area contributed by atoms with Crippen LogP contribution in [0.25, 0.3) is 0 Å². The average Bonchev–Trinajstić information content (AvgIpc) is 2.43. The van der Waals surface area contributed by atoms with Gasteiger partial charge in [-0.3, -0.25) is 0 Å². The Bertz CT molecular complexity index is 584. The highest BCUT2D eigenvalue weighted by molar-refractivity contribution is 5.34. The lowest BCUT2D eigenvalue weighted by atomic mass is 10.0. The lowest BCUT2D eigenvalue weighted by Crippen LogP contribution is -2.15. The normalized spacial score (nSPS) is 12.2. The highest BCUT2D eigenvalue weighted by atomic mass is 19.1. The van der Waals surface area contributed by atoms with Gasteiger partial charge in [-0.05, 0) is 35.4 Å². The number of rotatable bonds is 5. The van der Waals surface area contributed by atoms with Crippen LogP contribution in [0, 0.1) is 11.6 Å². The van der Waals surface area contributed by atoms with E-state index >= 15 is 0 Å². The van der Waals surface area contributed by atoms with Gasteiger partial charge in [-0.15, -0.1) is 0 Å². The molecule has 1 unspecified atom stereocenters. The van der Waals surface area contributed by atoms with E-state index in [0.29, 0.717) is 12.2 Å². The number of para-hydroxylation sites is 1. The summed E-state index contributed by atoms with van der Waals surface area (Å²) in [6, 6.07) is 10.6. The van der Waals surface area contributed by atoms with E-state index in [9.17, 15) is 13.9 Å². The molecule has 4 heteroatoms. The molecule has 0 aliphatic heterocycles. The zero-order valence-corrected chi connectivity index (χ0v) is 11.1. The van der Waals surface area contributed by atoms with E-state index in [-0.39, 0.29) is 12.0 Å². The van der Waals surface area contributed by atoms with E-state index in [4.69, 9.17) is 4.74 Å². The lowest BCUT2D eigenvalue weighted by Gasteiger charge is -2.14. The van der Waals surface area contributed by atoms with Gasteiger partial charge in [0.15, 0.2) is 0 Å². The second-order valence-electron chi connectivity index (χ2n) is 4.61. The van der Waals surface area contributed by atoms with Gasteiger partial charge in [0.2, 0.25) is 0 Å². The number of ether oxygens (including phenoxy) is 1. The molecular formula is C16H16F2O2. The van der Waals surface area contributed by atoms with Gasteiger partial charge in [-0.1, -0.05) is 18.2 Å². The summed E-state index contributed by atoms with van der Waals surface area (Å²) < 4.78 is 31.8. The van der Waals surface area contributed by atoms with Crippen molar-refractivity contribution in [3.05, 3.63) is 65.2 Å². The van der Waals surface area contributed by atoms with Gasteiger partial charge in [0, 0.05) is 12.8 Å². The molecule has 0 saturated heterocycles. The maximum absolute atomic E-state index is 13.5. The number of aliphatic hydroxyl groups excluding tert-OH is 1. The monoisotopic (exact) mass is 278 g/mol. The molecular weight excluding hydrogens is 262 g/mol. The van der Waals surface area contributed by atoms with Crippen LogP contribution in [0.3, 0.4) is 0 Å². The van der Waals surface area contributed by atoms with Gasteiger partial charge in [0.25, 0.3) is 0 Å². The molecule has 2 rings (SSSR count). The highest BCUT2D eigenvalue weighted by Crippen LogP contribution is 2.21. The van der Waals surface area contributed by atoms with Crippen LogP contribution in [-0.2, 0) is 12.8 Å². The summed E-state index contributed by atoms with van der Waals surface area (Å²) in [6.07, 6.45) is -0.427. The topological polar surface area (TPSA) is 29.5 Å². The van der Waals surface area contributed by atoms with Crippen molar-refractivity contribution >= 4 is 0 Å². The van der Waals surface area contributed by atoms with Crippen LogP contribution in [-0.4, -0.2) is 18.3 Å². The molecule has 0 heterocycles. The molecule has 0 aromatic heterocycles. The lowest BCUT2D eigenvalue weighted by molar-refractivity contribution is 0.173. The van der Waals surface area contributed by atoms with Crippen molar-refractivity contribution in [2.24, 2.45) is 0 Å². The molecule has 0 radical (unpaired) electrons. The Kier molecular flexibility index (Phi) is 4.69. The van der Waals surface area contributed by atoms with Crippen molar-refractivity contribution in [1.82, 2.24) is 0 Å².